The van der Waals surface area contributed by atoms with Gasteiger partial charge in [-0.3, -0.25) is 0 Å². The van der Waals surface area contributed by atoms with E-state index in [2.05, 4.69) is 22.6 Å². The predicted octanol–water partition coefficient (Wildman–Crippen LogP) is 1.87. The first-order valence-electron chi connectivity index (χ1n) is 3.18. The summed E-state index contributed by atoms with van der Waals surface area (Å²) in [6.45, 7) is 0. The van der Waals surface area contributed by atoms with Crippen LogP contribution in [0, 0.1) is 3.77 Å². The Morgan fingerprint density at radius 3 is 2.70 bits per heavy atom. The summed E-state index contributed by atoms with van der Waals surface area (Å²) in [5, 5.41) is 9.61. The van der Waals surface area contributed by atoms with E-state index >= 15 is 0 Å². The molecule has 1 heterocycles. The lowest BCUT2D eigenvalue weighted by molar-refractivity contribution is 0.149. The molecule has 1 aromatic rings. The summed E-state index contributed by atoms with van der Waals surface area (Å²) >= 11 is 2.09. The molecule has 10 heavy (non-hydrogen) atoms. The molecule has 1 aliphatic rings. The zero-order chi connectivity index (χ0) is 7.19. The van der Waals surface area contributed by atoms with Crippen LogP contribution in [0.5, 0.6) is 0 Å². The highest BCUT2D eigenvalue weighted by molar-refractivity contribution is 14.1. The number of furan rings is 1. The van der Waals surface area contributed by atoms with Gasteiger partial charge in [-0.1, -0.05) is 0 Å². The molecule has 0 spiro atoms. The van der Waals surface area contributed by atoms with Crippen molar-refractivity contribution in [1.29, 1.82) is 0 Å². The molecule has 54 valence electrons. The summed E-state index contributed by atoms with van der Waals surface area (Å²) in [5.74, 6) is 0. The molecular formula is C7H7IO2. The smallest absolute Gasteiger partial charge is 0.169 e. The van der Waals surface area contributed by atoms with E-state index in [1.807, 2.05) is 6.07 Å². The lowest BCUT2D eigenvalue weighted by Gasteiger charge is -2.02. The number of aliphatic hydroxyl groups is 1. The molecule has 2 nitrogen and oxygen atoms in total. The average Bonchev–Trinajstić information content (AvgIpc) is 2.44. The summed E-state index contributed by atoms with van der Waals surface area (Å²) in [6, 6.07) is 1.84. The largest absolute Gasteiger partial charge is 0.458 e. The predicted molar refractivity (Wildman–Crippen MR) is 44.6 cm³/mol. The van der Waals surface area contributed by atoms with Gasteiger partial charge < -0.3 is 9.52 Å². The molecular weight excluding hydrogens is 243 g/mol. The quantitative estimate of drug-likeness (QED) is 0.772. The maximum atomic E-state index is 9.61. The lowest BCUT2D eigenvalue weighted by atomic mass is 10.2. The van der Waals surface area contributed by atoms with E-state index < -0.39 is 5.60 Å². The highest BCUT2D eigenvalue weighted by atomic mass is 127. The highest BCUT2D eigenvalue weighted by Gasteiger charge is 2.44. The summed E-state index contributed by atoms with van der Waals surface area (Å²) in [5.41, 5.74) is 0.414. The van der Waals surface area contributed by atoms with Crippen LogP contribution in [0.2, 0.25) is 0 Å². The van der Waals surface area contributed by atoms with Crippen LogP contribution in [0.4, 0.5) is 0 Å². The Labute approximate surface area is 72.4 Å². The van der Waals surface area contributed by atoms with Gasteiger partial charge in [0.15, 0.2) is 3.77 Å². The van der Waals surface area contributed by atoms with Crippen molar-refractivity contribution in [2.24, 2.45) is 0 Å². The molecule has 0 radical (unpaired) electrons. The van der Waals surface area contributed by atoms with Gasteiger partial charge in [0, 0.05) is 5.56 Å². The van der Waals surface area contributed by atoms with Crippen LogP contribution in [-0.4, -0.2) is 5.11 Å². The summed E-state index contributed by atoms with van der Waals surface area (Å²) in [7, 11) is 0. The summed E-state index contributed by atoms with van der Waals surface area (Å²) in [4.78, 5) is 0. The normalized spacial score (nSPS) is 21.0. The maximum Gasteiger partial charge on any atom is 0.169 e. The van der Waals surface area contributed by atoms with E-state index in [4.69, 9.17) is 4.42 Å². The number of halogens is 1. The molecule has 0 aliphatic heterocycles. The first-order chi connectivity index (χ1) is 4.72. The van der Waals surface area contributed by atoms with E-state index in [-0.39, 0.29) is 0 Å². The van der Waals surface area contributed by atoms with E-state index in [1.54, 1.807) is 6.26 Å². The van der Waals surface area contributed by atoms with Crippen molar-refractivity contribution >= 4 is 22.6 Å². The molecule has 0 amide bonds. The summed E-state index contributed by atoms with van der Waals surface area (Å²) in [6.07, 6.45) is 3.37. The lowest BCUT2D eigenvalue weighted by Crippen LogP contribution is -2.03. The molecule has 1 aliphatic carbocycles. The van der Waals surface area contributed by atoms with Crippen molar-refractivity contribution in [3.05, 3.63) is 21.7 Å². The fraction of sp³-hybridized carbons (Fsp3) is 0.429. The first kappa shape index (κ1) is 6.67. The van der Waals surface area contributed by atoms with Crippen molar-refractivity contribution in [3.8, 4) is 0 Å². The minimum atomic E-state index is -0.538. The Morgan fingerprint density at radius 2 is 2.30 bits per heavy atom. The second kappa shape index (κ2) is 1.98. The van der Waals surface area contributed by atoms with Gasteiger partial charge in [-0.2, -0.15) is 0 Å². The SMILES string of the molecule is OC1(c2ccoc2I)CC1. The molecule has 0 atom stereocenters. The molecule has 1 aromatic heterocycles. The maximum absolute atomic E-state index is 9.61. The molecule has 1 fully saturated rings. The van der Waals surface area contributed by atoms with Gasteiger partial charge >= 0.3 is 0 Å². The minimum absolute atomic E-state index is 0.538. The monoisotopic (exact) mass is 250 g/mol. The second-order valence-corrected chi connectivity index (χ2v) is 3.62. The van der Waals surface area contributed by atoms with Crippen LogP contribution < -0.4 is 0 Å². The van der Waals surface area contributed by atoms with Gasteiger partial charge in [0.05, 0.1) is 11.9 Å². The fourth-order valence-corrected chi connectivity index (χ4v) is 1.85. The molecule has 0 unspecified atom stereocenters. The topological polar surface area (TPSA) is 33.4 Å². The van der Waals surface area contributed by atoms with E-state index in [1.165, 1.54) is 0 Å². The number of rotatable bonds is 1. The highest BCUT2D eigenvalue weighted by Crippen LogP contribution is 2.46. The van der Waals surface area contributed by atoms with Crippen LogP contribution in [0.15, 0.2) is 16.7 Å². The van der Waals surface area contributed by atoms with Crippen LogP contribution >= 0.6 is 22.6 Å². The molecule has 0 saturated heterocycles. The third-order valence-electron chi connectivity index (χ3n) is 1.84. The molecule has 0 bridgehead atoms. The number of hydrogen-bond acceptors (Lipinski definition) is 2. The Kier molecular flexibility index (Phi) is 1.32. The third-order valence-corrected chi connectivity index (χ3v) is 2.68. The molecule has 3 heteroatoms. The Morgan fingerprint density at radius 1 is 1.60 bits per heavy atom. The van der Waals surface area contributed by atoms with Crippen molar-refractivity contribution in [2.75, 3.05) is 0 Å². The number of hydrogen-bond donors (Lipinski definition) is 1. The average molecular weight is 250 g/mol. The van der Waals surface area contributed by atoms with Crippen LogP contribution in [0.1, 0.15) is 18.4 Å². The molecule has 0 aromatic carbocycles. The van der Waals surface area contributed by atoms with Gasteiger partial charge in [0.1, 0.15) is 0 Å². The van der Waals surface area contributed by atoms with E-state index in [0.717, 1.165) is 22.2 Å². The Balaban J connectivity index is 2.42. The van der Waals surface area contributed by atoms with E-state index in [0.29, 0.717) is 0 Å². The van der Waals surface area contributed by atoms with Crippen LogP contribution in [-0.2, 0) is 5.60 Å². The van der Waals surface area contributed by atoms with Crippen molar-refractivity contribution in [3.63, 3.8) is 0 Å². The molecule has 1 saturated carbocycles. The van der Waals surface area contributed by atoms with Gasteiger partial charge in [0.25, 0.3) is 0 Å². The first-order valence-corrected chi connectivity index (χ1v) is 4.26. The van der Waals surface area contributed by atoms with Crippen molar-refractivity contribution in [1.82, 2.24) is 0 Å². The van der Waals surface area contributed by atoms with Crippen molar-refractivity contribution in [2.45, 2.75) is 18.4 Å². The summed E-state index contributed by atoms with van der Waals surface area (Å²) < 4.78 is 5.87. The fourth-order valence-electron chi connectivity index (χ4n) is 1.02. The van der Waals surface area contributed by atoms with E-state index in [9.17, 15) is 5.11 Å². The molecule has 1 N–H and O–H groups in total. The van der Waals surface area contributed by atoms with Gasteiger partial charge in [-0.25, -0.2) is 0 Å². The Hall–Kier alpha value is -0.0300. The minimum Gasteiger partial charge on any atom is -0.458 e. The van der Waals surface area contributed by atoms with Crippen molar-refractivity contribution < 1.29 is 9.52 Å². The van der Waals surface area contributed by atoms with Crippen LogP contribution in [0.3, 0.4) is 0 Å². The second-order valence-electron chi connectivity index (χ2n) is 2.64. The molecule has 2 rings (SSSR count). The Bertz CT molecular complexity index is 250. The van der Waals surface area contributed by atoms with Gasteiger partial charge in [0.2, 0.25) is 0 Å². The standard InChI is InChI=1S/C7H7IO2/c8-6-5(1-4-10-6)7(9)2-3-7/h1,4,9H,2-3H2. The van der Waals surface area contributed by atoms with Gasteiger partial charge in [-0.15, -0.1) is 0 Å². The zero-order valence-corrected chi connectivity index (χ0v) is 7.46. The zero-order valence-electron chi connectivity index (χ0n) is 5.30. The van der Waals surface area contributed by atoms with Gasteiger partial charge in [-0.05, 0) is 41.5 Å². The third kappa shape index (κ3) is 0.880. The van der Waals surface area contributed by atoms with Crippen LogP contribution in [0.25, 0.3) is 0 Å².